The van der Waals surface area contributed by atoms with Crippen molar-refractivity contribution in [2.24, 2.45) is 5.73 Å². The van der Waals surface area contributed by atoms with Crippen molar-refractivity contribution in [3.05, 3.63) is 52.2 Å². The molecular weight excluding hydrogens is 332 g/mol. The third kappa shape index (κ3) is 6.04. The molecule has 0 bridgehead atoms. The van der Waals surface area contributed by atoms with Gasteiger partial charge in [0.05, 0.1) is 18.1 Å². The zero-order valence-electron chi connectivity index (χ0n) is 12.9. The highest BCUT2D eigenvalue weighted by Crippen LogP contribution is 2.12. The molecule has 1 aromatic heterocycles. The molecule has 2 rings (SSSR count). The second kappa shape index (κ2) is 9.14. The van der Waals surface area contributed by atoms with Crippen LogP contribution in [0.25, 0.3) is 0 Å². The Balaban J connectivity index is 1.79. The number of rotatable bonds is 10. The number of hydrogen-bond acceptors (Lipinski definition) is 5. The fourth-order valence-electron chi connectivity index (χ4n) is 1.97. The third-order valence-corrected chi connectivity index (χ3v) is 5.50. The molecule has 7 heteroatoms. The van der Waals surface area contributed by atoms with Gasteiger partial charge >= 0.3 is 0 Å². The molecule has 0 aliphatic heterocycles. The zero-order chi connectivity index (χ0) is 16.5. The molecule has 3 N–H and O–H groups in total. The minimum Gasteiger partial charge on any atom is -0.376 e. The zero-order valence-corrected chi connectivity index (χ0v) is 14.5. The van der Waals surface area contributed by atoms with Crippen LogP contribution in [0.15, 0.2) is 46.0 Å². The van der Waals surface area contributed by atoms with Crippen LogP contribution in [0, 0.1) is 0 Å². The van der Waals surface area contributed by atoms with E-state index in [1.807, 2.05) is 0 Å². The number of ether oxygens (including phenoxy) is 1. The highest BCUT2D eigenvalue weighted by atomic mass is 32.2. The van der Waals surface area contributed by atoms with Gasteiger partial charge in [-0.15, -0.1) is 0 Å². The summed E-state index contributed by atoms with van der Waals surface area (Å²) in [6.45, 7) is 1.94. The standard InChI is InChI=1S/C16H22N2O3S2/c17-8-1-9-18-23(19,20)16-4-2-14(3-5-16)12-21-10-6-15-7-11-22-13-15/h2-5,7,11,13,18H,1,6,8-10,12,17H2. The van der Waals surface area contributed by atoms with Crippen LogP contribution in [0.1, 0.15) is 17.5 Å². The molecule has 0 aliphatic rings. The maximum Gasteiger partial charge on any atom is 0.240 e. The second-order valence-electron chi connectivity index (χ2n) is 5.12. The van der Waals surface area contributed by atoms with Gasteiger partial charge in [0.1, 0.15) is 0 Å². The SMILES string of the molecule is NCCCNS(=O)(=O)c1ccc(COCCc2ccsc2)cc1. The van der Waals surface area contributed by atoms with Gasteiger partial charge in [-0.25, -0.2) is 13.1 Å². The summed E-state index contributed by atoms with van der Waals surface area (Å²) in [4.78, 5) is 0.261. The molecule has 0 spiro atoms. The van der Waals surface area contributed by atoms with Gasteiger partial charge in [-0.05, 0) is 59.5 Å². The van der Waals surface area contributed by atoms with Crippen molar-refractivity contribution in [2.45, 2.75) is 24.3 Å². The van der Waals surface area contributed by atoms with Gasteiger partial charge in [0.2, 0.25) is 10.0 Å². The van der Waals surface area contributed by atoms with E-state index in [4.69, 9.17) is 10.5 Å². The van der Waals surface area contributed by atoms with Gasteiger partial charge in [-0.3, -0.25) is 0 Å². The average Bonchev–Trinajstić information content (AvgIpc) is 3.05. The largest absolute Gasteiger partial charge is 0.376 e. The maximum atomic E-state index is 12.0. The van der Waals surface area contributed by atoms with Gasteiger partial charge in [-0.1, -0.05) is 12.1 Å². The van der Waals surface area contributed by atoms with Crippen LogP contribution in [0.5, 0.6) is 0 Å². The summed E-state index contributed by atoms with van der Waals surface area (Å²) < 4.78 is 32.2. The third-order valence-electron chi connectivity index (χ3n) is 3.29. The van der Waals surface area contributed by atoms with E-state index in [1.165, 1.54) is 5.56 Å². The Hall–Kier alpha value is -1.25. The van der Waals surface area contributed by atoms with E-state index >= 15 is 0 Å². The molecule has 0 atom stereocenters. The van der Waals surface area contributed by atoms with Crippen molar-refractivity contribution >= 4 is 21.4 Å². The summed E-state index contributed by atoms with van der Waals surface area (Å²) in [6.07, 6.45) is 1.51. The summed E-state index contributed by atoms with van der Waals surface area (Å²) in [7, 11) is -3.45. The van der Waals surface area contributed by atoms with Crippen molar-refractivity contribution < 1.29 is 13.2 Å². The molecule has 1 heterocycles. The van der Waals surface area contributed by atoms with Crippen LogP contribution >= 0.6 is 11.3 Å². The first-order valence-corrected chi connectivity index (χ1v) is 9.92. The van der Waals surface area contributed by atoms with Crippen LogP contribution in [-0.4, -0.2) is 28.1 Å². The number of nitrogens with two attached hydrogens (primary N) is 1. The molecule has 0 saturated heterocycles. The van der Waals surface area contributed by atoms with E-state index in [0.29, 0.717) is 32.7 Å². The predicted molar refractivity (Wildman–Crippen MR) is 93.0 cm³/mol. The van der Waals surface area contributed by atoms with Gasteiger partial charge in [0.25, 0.3) is 0 Å². The Labute approximate surface area is 141 Å². The minimum atomic E-state index is -3.45. The van der Waals surface area contributed by atoms with Crippen molar-refractivity contribution in [2.75, 3.05) is 19.7 Å². The summed E-state index contributed by atoms with van der Waals surface area (Å²) in [5.74, 6) is 0. The first-order chi connectivity index (χ1) is 11.1. The van der Waals surface area contributed by atoms with Crippen molar-refractivity contribution in [1.82, 2.24) is 4.72 Å². The molecule has 23 heavy (non-hydrogen) atoms. The fraction of sp³-hybridized carbons (Fsp3) is 0.375. The lowest BCUT2D eigenvalue weighted by Gasteiger charge is -2.08. The highest BCUT2D eigenvalue weighted by Gasteiger charge is 2.12. The molecule has 0 saturated carbocycles. The molecule has 0 amide bonds. The molecule has 0 radical (unpaired) electrons. The van der Waals surface area contributed by atoms with Crippen molar-refractivity contribution in [3.8, 4) is 0 Å². The second-order valence-corrected chi connectivity index (χ2v) is 7.67. The molecule has 0 unspecified atom stereocenters. The monoisotopic (exact) mass is 354 g/mol. The average molecular weight is 354 g/mol. The Morgan fingerprint density at radius 1 is 1.13 bits per heavy atom. The molecule has 5 nitrogen and oxygen atoms in total. The van der Waals surface area contributed by atoms with Gasteiger partial charge in [0, 0.05) is 6.54 Å². The van der Waals surface area contributed by atoms with Crippen molar-refractivity contribution in [1.29, 1.82) is 0 Å². The molecule has 0 fully saturated rings. The van der Waals surface area contributed by atoms with Crippen molar-refractivity contribution in [3.63, 3.8) is 0 Å². The fourth-order valence-corrected chi connectivity index (χ4v) is 3.75. The molecular formula is C16H22N2O3S2. The maximum absolute atomic E-state index is 12.0. The minimum absolute atomic E-state index is 0.261. The molecule has 126 valence electrons. The summed E-state index contributed by atoms with van der Waals surface area (Å²) in [6, 6.07) is 8.85. The van der Waals surface area contributed by atoms with Gasteiger partial charge in [0.15, 0.2) is 0 Å². The number of thiophene rings is 1. The summed E-state index contributed by atoms with van der Waals surface area (Å²) in [5.41, 5.74) is 7.59. The Bertz CT molecular complexity index is 668. The highest BCUT2D eigenvalue weighted by molar-refractivity contribution is 7.89. The quantitative estimate of drug-likeness (QED) is 0.641. The predicted octanol–water partition coefficient (Wildman–Crippen LogP) is 2.13. The smallest absolute Gasteiger partial charge is 0.240 e. The Morgan fingerprint density at radius 3 is 2.57 bits per heavy atom. The van der Waals surface area contributed by atoms with Crippen LogP contribution in [-0.2, 0) is 27.8 Å². The topological polar surface area (TPSA) is 81.4 Å². The normalized spacial score (nSPS) is 11.7. The summed E-state index contributed by atoms with van der Waals surface area (Å²) >= 11 is 1.68. The molecule has 0 aliphatic carbocycles. The van der Waals surface area contributed by atoms with Crippen LogP contribution in [0.3, 0.4) is 0 Å². The lowest BCUT2D eigenvalue weighted by molar-refractivity contribution is 0.124. The number of hydrogen-bond donors (Lipinski definition) is 2. The van der Waals surface area contributed by atoms with Gasteiger partial charge < -0.3 is 10.5 Å². The number of nitrogens with one attached hydrogen (secondary N) is 1. The van der Waals surface area contributed by atoms with E-state index in [0.717, 1.165) is 12.0 Å². The van der Waals surface area contributed by atoms with E-state index in [2.05, 4.69) is 21.5 Å². The number of sulfonamides is 1. The summed E-state index contributed by atoms with van der Waals surface area (Å²) in [5, 5.41) is 4.16. The lowest BCUT2D eigenvalue weighted by atomic mass is 10.2. The Morgan fingerprint density at radius 2 is 1.91 bits per heavy atom. The van der Waals surface area contributed by atoms with E-state index in [9.17, 15) is 8.42 Å². The Kier molecular flexibility index (Phi) is 7.19. The van der Waals surface area contributed by atoms with Gasteiger partial charge in [-0.2, -0.15) is 11.3 Å². The van der Waals surface area contributed by atoms with E-state index in [-0.39, 0.29) is 4.90 Å². The van der Waals surface area contributed by atoms with E-state index < -0.39 is 10.0 Å². The van der Waals surface area contributed by atoms with Crippen LogP contribution in [0.2, 0.25) is 0 Å². The molecule has 2 aromatic rings. The number of benzene rings is 1. The van der Waals surface area contributed by atoms with Crippen LogP contribution < -0.4 is 10.5 Å². The molecule has 1 aromatic carbocycles. The van der Waals surface area contributed by atoms with E-state index in [1.54, 1.807) is 35.6 Å². The first kappa shape index (κ1) is 18.1. The lowest BCUT2D eigenvalue weighted by Crippen LogP contribution is -2.26. The van der Waals surface area contributed by atoms with Crippen LogP contribution in [0.4, 0.5) is 0 Å². The first-order valence-electron chi connectivity index (χ1n) is 7.49.